The van der Waals surface area contributed by atoms with Crippen molar-refractivity contribution in [1.29, 1.82) is 0 Å². The van der Waals surface area contributed by atoms with Crippen molar-refractivity contribution in [2.75, 3.05) is 0 Å². The highest BCUT2D eigenvalue weighted by molar-refractivity contribution is 6.68. The third-order valence-corrected chi connectivity index (χ3v) is 1.49. The second-order valence-corrected chi connectivity index (χ2v) is 4.65. The number of ether oxygens (including phenoxy) is 1. The predicted octanol–water partition coefficient (Wildman–Crippen LogP) is 1.88. The van der Waals surface area contributed by atoms with Crippen molar-refractivity contribution in [3.63, 3.8) is 0 Å². The van der Waals surface area contributed by atoms with Crippen LogP contribution in [0, 0.1) is 0 Å². The minimum absolute atomic E-state index is 0.181. The minimum Gasteiger partial charge on any atom is -0.457 e. The molecule has 0 aliphatic rings. The SMILES string of the molecule is CC(OC=O)C(=O)CC(Cl)(Cl)Cl. The summed E-state index contributed by atoms with van der Waals surface area (Å²) in [5.74, 6) is -0.429. The lowest BCUT2D eigenvalue weighted by Gasteiger charge is -2.12. The molecule has 0 radical (unpaired) electrons. The Bertz CT molecular complexity index is 175. The number of hydrogen-bond donors (Lipinski definition) is 0. The summed E-state index contributed by atoms with van der Waals surface area (Å²) < 4.78 is 2.72. The zero-order chi connectivity index (χ0) is 9.78. The van der Waals surface area contributed by atoms with E-state index in [4.69, 9.17) is 34.8 Å². The Hall–Kier alpha value is 0.01000. The van der Waals surface area contributed by atoms with Crippen LogP contribution in [0.3, 0.4) is 0 Å². The first-order valence-electron chi connectivity index (χ1n) is 3.05. The van der Waals surface area contributed by atoms with E-state index >= 15 is 0 Å². The van der Waals surface area contributed by atoms with E-state index in [1.54, 1.807) is 0 Å². The molecule has 0 bridgehead atoms. The number of Topliss-reactive ketones (excluding diaryl/α,β-unsaturated/α-hetero) is 1. The van der Waals surface area contributed by atoms with E-state index < -0.39 is 15.7 Å². The van der Waals surface area contributed by atoms with Gasteiger partial charge >= 0.3 is 0 Å². The summed E-state index contributed by atoms with van der Waals surface area (Å²) in [6, 6.07) is 0. The van der Waals surface area contributed by atoms with Gasteiger partial charge in [-0.15, -0.1) is 0 Å². The molecule has 0 rings (SSSR count). The zero-order valence-electron chi connectivity index (χ0n) is 6.22. The quantitative estimate of drug-likeness (QED) is 0.550. The van der Waals surface area contributed by atoms with Crippen LogP contribution in [0.5, 0.6) is 0 Å². The molecule has 0 spiro atoms. The first-order valence-corrected chi connectivity index (χ1v) is 4.19. The van der Waals surface area contributed by atoms with E-state index in [2.05, 4.69) is 4.74 Å². The fourth-order valence-electron chi connectivity index (χ4n) is 0.501. The van der Waals surface area contributed by atoms with Gasteiger partial charge in [-0.2, -0.15) is 0 Å². The topological polar surface area (TPSA) is 43.4 Å². The van der Waals surface area contributed by atoms with Crippen molar-refractivity contribution < 1.29 is 14.3 Å². The maximum Gasteiger partial charge on any atom is 0.293 e. The summed E-state index contributed by atoms with van der Waals surface area (Å²) in [6.07, 6.45) is -1.13. The number of ketones is 1. The number of hydrogen-bond acceptors (Lipinski definition) is 3. The molecule has 70 valence electrons. The van der Waals surface area contributed by atoms with Gasteiger partial charge in [-0.1, -0.05) is 34.8 Å². The average molecular weight is 233 g/mol. The molecule has 1 atom stereocenters. The Balaban J connectivity index is 3.95. The molecule has 3 nitrogen and oxygen atoms in total. The van der Waals surface area contributed by atoms with Gasteiger partial charge in [-0.25, -0.2) is 0 Å². The van der Waals surface area contributed by atoms with Crippen molar-refractivity contribution in [2.24, 2.45) is 0 Å². The van der Waals surface area contributed by atoms with E-state index in [1.807, 2.05) is 0 Å². The fraction of sp³-hybridized carbons (Fsp3) is 0.667. The Morgan fingerprint density at radius 3 is 2.42 bits per heavy atom. The number of halogens is 3. The Kier molecular flexibility index (Phi) is 4.90. The zero-order valence-corrected chi connectivity index (χ0v) is 8.49. The Morgan fingerprint density at radius 2 is 2.08 bits per heavy atom. The molecule has 0 N–H and O–H groups in total. The Labute approximate surface area is 84.9 Å². The van der Waals surface area contributed by atoms with E-state index in [1.165, 1.54) is 6.92 Å². The van der Waals surface area contributed by atoms with Crippen LogP contribution in [0.15, 0.2) is 0 Å². The molecule has 12 heavy (non-hydrogen) atoms. The van der Waals surface area contributed by atoms with Crippen LogP contribution < -0.4 is 0 Å². The minimum atomic E-state index is -1.63. The second-order valence-electron chi connectivity index (χ2n) is 2.13. The van der Waals surface area contributed by atoms with Gasteiger partial charge in [0.2, 0.25) is 0 Å². The van der Waals surface area contributed by atoms with Gasteiger partial charge in [-0.3, -0.25) is 9.59 Å². The molecule has 0 aliphatic heterocycles. The van der Waals surface area contributed by atoms with Crippen LogP contribution in [0.4, 0.5) is 0 Å². The molecule has 0 aromatic rings. The van der Waals surface area contributed by atoms with E-state index in [-0.39, 0.29) is 12.9 Å². The summed E-state index contributed by atoms with van der Waals surface area (Å²) in [5, 5.41) is 0. The second kappa shape index (κ2) is 4.90. The van der Waals surface area contributed by atoms with Gasteiger partial charge in [0.05, 0.1) is 6.42 Å². The predicted molar refractivity (Wildman–Crippen MR) is 46.5 cm³/mol. The lowest BCUT2D eigenvalue weighted by atomic mass is 10.2. The summed E-state index contributed by atoms with van der Waals surface area (Å²) in [5.41, 5.74) is 0. The largest absolute Gasteiger partial charge is 0.457 e. The standard InChI is InChI=1S/C6H7Cl3O3/c1-4(12-3-10)5(11)2-6(7,8)9/h3-4H,2H2,1H3. The summed E-state index contributed by atoms with van der Waals surface area (Å²) >= 11 is 16.0. The highest BCUT2D eigenvalue weighted by Crippen LogP contribution is 2.30. The number of alkyl halides is 3. The van der Waals surface area contributed by atoms with Crippen molar-refractivity contribution in [2.45, 2.75) is 23.2 Å². The molecule has 0 aliphatic carbocycles. The highest BCUT2D eigenvalue weighted by atomic mass is 35.6. The van der Waals surface area contributed by atoms with Gasteiger partial charge in [0.15, 0.2) is 15.7 Å². The molecule has 0 amide bonds. The van der Waals surface area contributed by atoms with Crippen LogP contribution in [-0.4, -0.2) is 22.2 Å². The van der Waals surface area contributed by atoms with Crippen molar-refractivity contribution >= 4 is 47.1 Å². The van der Waals surface area contributed by atoms with Crippen LogP contribution in [0.2, 0.25) is 0 Å². The number of carbonyl (C=O) groups excluding carboxylic acids is 2. The van der Waals surface area contributed by atoms with Crippen LogP contribution >= 0.6 is 34.8 Å². The van der Waals surface area contributed by atoms with Crippen LogP contribution in [0.25, 0.3) is 0 Å². The van der Waals surface area contributed by atoms with E-state index in [0.717, 1.165) is 0 Å². The van der Waals surface area contributed by atoms with Gasteiger partial charge in [0, 0.05) is 0 Å². The van der Waals surface area contributed by atoms with E-state index in [9.17, 15) is 9.59 Å². The van der Waals surface area contributed by atoms with Gasteiger partial charge in [-0.05, 0) is 6.92 Å². The molecule has 0 heterocycles. The lowest BCUT2D eigenvalue weighted by molar-refractivity contribution is -0.142. The molecule has 6 heteroatoms. The smallest absolute Gasteiger partial charge is 0.293 e. The first-order chi connectivity index (χ1) is 5.37. The number of carbonyl (C=O) groups is 2. The molecular weight excluding hydrogens is 226 g/mol. The summed E-state index contributed by atoms with van der Waals surface area (Å²) in [4.78, 5) is 20.8. The van der Waals surface area contributed by atoms with Gasteiger partial charge < -0.3 is 4.74 Å². The third-order valence-electron chi connectivity index (χ3n) is 1.09. The molecule has 1 unspecified atom stereocenters. The third kappa shape index (κ3) is 5.63. The Morgan fingerprint density at radius 1 is 1.58 bits per heavy atom. The van der Waals surface area contributed by atoms with E-state index in [0.29, 0.717) is 0 Å². The van der Waals surface area contributed by atoms with Crippen molar-refractivity contribution in [1.82, 2.24) is 0 Å². The molecule has 0 aromatic heterocycles. The first kappa shape index (κ1) is 12.0. The highest BCUT2D eigenvalue weighted by Gasteiger charge is 2.27. The lowest BCUT2D eigenvalue weighted by Crippen LogP contribution is -2.24. The molecule has 0 saturated carbocycles. The maximum absolute atomic E-state index is 11.0. The average Bonchev–Trinajstić information content (AvgIpc) is 1.84. The summed E-state index contributed by atoms with van der Waals surface area (Å²) in [6.45, 7) is 1.59. The summed E-state index contributed by atoms with van der Waals surface area (Å²) in [7, 11) is 0. The van der Waals surface area contributed by atoms with Crippen LogP contribution in [-0.2, 0) is 14.3 Å². The van der Waals surface area contributed by atoms with Crippen molar-refractivity contribution in [3.05, 3.63) is 0 Å². The molecule has 0 aromatic carbocycles. The van der Waals surface area contributed by atoms with Crippen LogP contribution in [0.1, 0.15) is 13.3 Å². The van der Waals surface area contributed by atoms with Crippen molar-refractivity contribution in [3.8, 4) is 0 Å². The molecule has 0 saturated heterocycles. The number of rotatable bonds is 4. The van der Waals surface area contributed by atoms with Gasteiger partial charge in [0.1, 0.15) is 0 Å². The molecule has 0 fully saturated rings. The maximum atomic E-state index is 11.0. The van der Waals surface area contributed by atoms with Gasteiger partial charge in [0.25, 0.3) is 6.47 Å². The molecular formula is C6H7Cl3O3. The monoisotopic (exact) mass is 232 g/mol. The fourth-order valence-corrected chi connectivity index (χ4v) is 0.896. The normalized spacial score (nSPS) is 13.7.